The molecule has 2 rings (SSSR count). The van der Waals surface area contributed by atoms with Gasteiger partial charge in [-0.3, -0.25) is 4.90 Å². The molecule has 100 valence electrons. The third-order valence-corrected chi connectivity index (χ3v) is 4.05. The molecule has 0 spiro atoms. The summed E-state index contributed by atoms with van der Waals surface area (Å²) in [5.74, 6) is 0.773. The van der Waals surface area contributed by atoms with Crippen LogP contribution in [0, 0.1) is 0 Å². The molecule has 1 aromatic rings. The quantitative estimate of drug-likeness (QED) is 0.812. The van der Waals surface area contributed by atoms with Gasteiger partial charge in [0, 0.05) is 11.0 Å². The first-order valence-electron chi connectivity index (χ1n) is 6.56. The molecule has 0 atom stereocenters. The van der Waals surface area contributed by atoms with Crippen LogP contribution in [0.5, 0.6) is 5.75 Å². The van der Waals surface area contributed by atoms with E-state index in [1.807, 2.05) is 18.2 Å². The standard InChI is InChI=1S/C14H19BrClNO/c15-12-5-6-14(13(16)11-12)18-10-9-17-7-3-1-2-4-8-17/h5-6,11H,1-4,7-10H2. The number of nitrogens with zero attached hydrogens (tertiary/aromatic N) is 1. The first-order valence-corrected chi connectivity index (χ1v) is 7.73. The molecule has 0 N–H and O–H groups in total. The van der Waals surface area contributed by atoms with E-state index in [9.17, 15) is 0 Å². The van der Waals surface area contributed by atoms with E-state index in [0.717, 1.165) is 16.8 Å². The maximum Gasteiger partial charge on any atom is 0.138 e. The molecule has 0 radical (unpaired) electrons. The normalized spacial score (nSPS) is 17.4. The maximum absolute atomic E-state index is 6.11. The van der Waals surface area contributed by atoms with Crippen LogP contribution in [0.3, 0.4) is 0 Å². The summed E-state index contributed by atoms with van der Waals surface area (Å²) in [5.41, 5.74) is 0. The summed E-state index contributed by atoms with van der Waals surface area (Å²) < 4.78 is 6.72. The second-order valence-corrected chi connectivity index (χ2v) is 6.00. The average molecular weight is 333 g/mol. The van der Waals surface area contributed by atoms with Crippen molar-refractivity contribution in [2.24, 2.45) is 0 Å². The molecule has 0 amide bonds. The highest BCUT2D eigenvalue weighted by Gasteiger charge is 2.09. The molecule has 0 aliphatic carbocycles. The van der Waals surface area contributed by atoms with Crippen LogP contribution in [-0.2, 0) is 0 Å². The number of rotatable bonds is 4. The van der Waals surface area contributed by atoms with Gasteiger partial charge in [0.2, 0.25) is 0 Å². The summed E-state index contributed by atoms with van der Waals surface area (Å²) in [4.78, 5) is 2.49. The summed E-state index contributed by atoms with van der Waals surface area (Å²) >= 11 is 9.50. The third-order valence-electron chi connectivity index (χ3n) is 3.26. The Morgan fingerprint density at radius 2 is 1.89 bits per heavy atom. The van der Waals surface area contributed by atoms with Gasteiger partial charge < -0.3 is 4.74 Å². The number of halogens is 2. The third kappa shape index (κ3) is 4.45. The van der Waals surface area contributed by atoms with Crippen LogP contribution in [0.1, 0.15) is 25.7 Å². The van der Waals surface area contributed by atoms with Crippen molar-refractivity contribution in [3.63, 3.8) is 0 Å². The van der Waals surface area contributed by atoms with Crippen LogP contribution in [0.2, 0.25) is 5.02 Å². The molecule has 0 aromatic heterocycles. The Hall–Kier alpha value is -0.250. The molecule has 0 unspecified atom stereocenters. The van der Waals surface area contributed by atoms with E-state index in [4.69, 9.17) is 16.3 Å². The van der Waals surface area contributed by atoms with Crippen molar-refractivity contribution in [2.45, 2.75) is 25.7 Å². The van der Waals surface area contributed by atoms with Gasteiger partial charge in [-0.05, 0) is 44.1 Å². The number of hydrogen-bond donors (Lipinski definition) is 0. The smallest absolute Gasteiger partial charge is 0.138 e. The number of benzene rings is 1. The second kappa shape index (κ2) is 7.37. The summed E-state index contributed by atoms with van der Waals surface area (Å²) in [6.07, 6.45) is 5.38. The topological polar surface area (TPSA) is 12.5 Å². The van der Waals surface area contributed by atoms with Crippen LogP contribution < -0.4 is 4.74 Å². The summed E-state index contributed by atoms with van der Waals surface area (Å²) in [5, 5.41) is 0.667. The van der Waals surface area contributed by atoms with Gasteiger partial charge in [0.05, 0.1) is 5.02 Å². The molecule has 0 saturated carbocycles. The van der Waals surface area contributed by atoms with E-state index in [0.29, 0.717) is 11.6 Å². The number of likely N-dealkylation sites (tertiary alicyclic amines) is 1. The Bertz CT molecular complexity index is 378. The van der Waals surface area contributed by atoms with Gasteiger partial charge in [0.1, 0.15) is 12.4 Å². The molecule has 1 aliphatic rings. The predicted molar refractivity (Wildman–Crippen MR) is 79.6 cm³/mol. The fourth-order valence-corrected chi connectivity index (χ4v) is 2.96. The van der Waals surface area contributed by atoms with E-state index >= 15 is 0 Å². The molecule has 1 fully saturated rings. The summed E-state index contributed by atoms with van der Waals surface area (Å²) in [6.45, 7) is 4.11. The van der Waals surface area contributed by atoms with E-state index in [-0.39, 0.29) is 0 Å². The van der Waals surface area contributed by atoms with Crippen molar-refractivity contribution in [1.29, 1.82) is 0 Å². The van der Waals surface area contributed by atoms with Crippen molar-refractivity contribution in [3.8, 4) is 5.75 Å². The zero-order valence-electron chi connectivity index (χ0n) is 10.5. The Balaban J connectivity index is 1.77. The van der Waals surface area contributed by atoms with Crippen molar-refractivity contribution in [2.75, 3.05) is 26.2 Å². The lowest BCUT2D eigenvalue weighted by Gasteiger charge is -2.19. The van der Waals surface area contributed by atoms with Gasteiger partial charge in [-0.15, -0.1) is 0 Å². The van der Waals surface area contributed by atoms with Crippen molar-refractivity contribution in [3.05, 3.63) is 27.7 Å². The van der Waals surface area contributed by atoms with Crippen LogP contribution in [-0.4, -0.2) is 31.1 Å². The minimum atomic E-state index is 0.667. The van der Waals surface area contributed by atoms with Gasteiger partial charge in [-0.2, -0.15) is 0 Å². The van der Waals surface area contributed by atoms with E-state index in [2.05, 4.69) is 20.8 Å². The molecule has 2 nitrogen and oxygen atoms in total. The zero-order chi connectivity index (χ0) is 12.8. The highest BCUT2D eigenvalue weighted by molar-refractivity contribution is 9.10. The Kier molecular flexibility index (Phi) is 5.80. The first-order chi connectivity index (χ1) is 8.75. The molecular weight excluding hydrogens is 314 g/mol. The van der Waals surface area contributed by atoms with Gasteiger partial charge in [-0.25, -0.2) is 0 Å². The van der Waals surface area contributed by atoms with E-state index < -0.39 is 0 Å². The molecule has 1 aliphatic heterocycles. The van der Waals surface area contributed by atoms with Crippen molar-refractivity contribution >= 4 is 27.5 Å². The average Bonchev–Trinajstić information content (AvgIpc) is 2.60. The van der Waals surface area contributed by atoms with Crippen LogP contribution in [0.25, 0.3) is 0 Å². The Labute approximate surface area is 122 Å². The molecule has 4 heteroatoms. The van der Waals surface area contributed by atoms with Crippen LogP contribution >= 0.6 is 27.5 Å². The lowest BCUT2D eigenvalue weighted by Crippen LogP contribution is -2.29. The summed E-state index contributed by atoms with van der Waals surface area (Å²) in [7, 11) is 0. The van der Waals surface area contributed by atoms with Gasteiger partial charge in [0.15, 0.2) is 0 Å². The van der Waals surface area contributed by atoms with Gasteiger partial charge in [-0.1, -0.05) is 40.4 Å². The minimum absolute atomic E-state index is 0.667. The van der Waals surface area contributed by atoms with E-state index in [1.54, 1.807) is 0 Å². The zero-order valence-corrected chi connectivity index (χ0v) is 12.8. The first kappa shape index (κ1) is 14.2. The fourth-order valence-electron chi connectivity index (χ4n) is 2.24. The van der Waals surface area contributed by atoms with Gasteiger partial charge in [0.25, 0.3) is 0 Å². The second-order valence-electron chi connectivity index (χ2n) is 4.68. The monoisotopic (exact) mass is 331 g/mol. The maximum atomic E-state index is 6.11. The Morgan fingerprint density at radius 1 is 1.17 bits per heavy atom. The highest BCUT2D eigenvalue weighted by Crippen LogP contribution is 2.27. The fraction of sp³-hybridized carbons (Fsp3) is 0.571. The molecule has 1 saturated heterocycles. The lowest BCUT2D eigenvalue weighted by molar-refractivity contribution is 0.214. The predicted octanol–water partition coefficient (Wildman–Crippen LogP) is 4.36. The van der Waals surface area contributed by atoms with Crippen molar-refractivity contribution in [1.82, 2.24) is 4.90 Å². The van der Waals surface area contributed by atoms with Crippen LogP contribution in [0.15, 0.2) is 22.7 Å². The van der Waals surface area contributed by atoms with Crippen LogP contribution in [0.4, 0.5) is 0 Å². The molecular formula is C14H19BrClNO. The summed E-state index contributed by atoms with van der Waals surface area (Å²) in [6, 6.07) is 5.73. The minimum Gasteiger partial charge on any atom is -0.491 e. The highest BCUT2D eigenvalue weighted by atomic mass is 79.9. The Morgan fingerprint density at radius 3 is 2.56 bits per heavy atom. The van der Waals surface area contributed by atoms with Gasteiger partial charge >= 0.3 is 0 Å². The molecule has 0 bridgehead atoms. The molecule has 1 aromatic carbocycles. The number of ether oxygens (including phenoxy) is 1. The van der Waals surface area contributed by atoms with E-state index in [1.165, 1.54) is 38.8 Å². The lowest BCUT2D eigenvalue weighted by atomic mass is 10.2. The largest absolute Gasteiger partial charge is 0.491 e. The number of hydrogen-bond acceptors (Lipinski definition) is 2. The molecule has 18 heavy (non-hydrogen) atoms. The molecule has 1 heterocycles. The SMILES string of the molecule is Clc1cc(Br)ccc1OCCN1CCCCCC1. The van der Waals surface area contributed by atoms with Crippen molar-refractivity contribution < 1.29 is 4.74 Å².